The van der Waals surface area contributed by atoms with Crippen LogP contribution in [0, 0.1) is 5.92 Å². The first-order valence-electron chi connectivity index (χ1n) is 9.82. The van der Waals surface area contributed by atoms with Gasteiger partial charge in [-0.1, -0.05) is 31.0 Å². The minimum atomic E-state index is -0.382. The summed E-state index contributed by atoms with van der Waals surface area (Å²) in [6.45, 7) is 2.49. The van der Waals surface area contributed by atoms with E-state index in [1.54, 1.807) is 6.92 Å². The van der Waals surface area contributed by atoms with Crippen molar-refractivity contribution in [3.63, 3.8) is 0 Å². The zero-order valence-corrected chi connectivity index (χ0v) is 15.6. The van der Waals surface area contributed by atoms with Gasteiger partial charge in [0.2, 0.25) is 5.91 Å². The first-order valence-corrected chi connectivity index (χ1v) is 9.82. The van der Waals surface area contributed by atoms with Gasteiger partial charge in [-0.2, -0.15) is 0 Å². The minimum absolute atomic E-state index is 0.293. The maximum atomic E-state index is 12.6. The summed E-state index contributed by atoms with van der Waals surface area (Å²) in [5.74, 6) is 0.379. The van der Waals surface area contributed by atoms with Gasteiger partial charge in [-0.3, -0.25) is 9.69 Å². The van der Waals surface area contributed by atoms with Crippen molar-refractivity contribution < 1.29 is 18.7 Å². The number of carbonyl (C=O) groups is 2. The fourth-order valence-electron chi connectivity index (χ4n) is 4.86. The normalized spacial score (nSPS) is 25.4. The summed E-state index contributed by atoms with van der Waals surface area (Å²) in [5, 5.41) is 0.751. The van der Waals surface area contributed by atoms with Crippen molar-refractivity contribution in [1.82, 2.24) is 4.90 Å². The summed E-state index contributed by atoms with van der Waals surface area (Å²) in [7, 11) is 0. The molecule has 1 aliphatic heterocycles. The smallest absolute Gasteiger partial charge is 0.342 e. The van der Waals surface area contributed by atoms with Crippen LogP contribution in [0.3, 0.4) is 0 Å². The van der Waals surface area contributed by atoms with Crippen LogP contribution in [0.2, 0.25) is 0 Å². The molecule has 2 N–H and O–H groups in total. The molecular formula is C21H26N2O4. The van der Waals surface area contributed by atoms with Crippen LogP contribution in [0.5, 0.6) is 0 Å². The van der Waals surface area contributed by atoms with Gasteiger partial charge in [0, 0.05) is 11.4 Å². The number of benzene rings is 1. The van der Waals surface area contributed by atoms with Gasteiger partial charge in [-0.05, 0) is 38.2 Å². The quantitative estimate of drug-likeness (QED) is 0.817. The Hall–Kier alpha value is -2.34. The molecule has 2 fully saturated rings. The second kappa shape index (κ2) is 7.35. The van der Waals surface area contributed by atoms with Gasteiger partial charge in [0.05, 0.1) is 19.2 Å². The second-order valence-electron chi connectivity index (χ2n) is 7.55. The number of carbonyl (C=O) groups excluding carboxylic acids is 2. The fraction of sp³-hybridized carbons (Fsp3) is 0.524. The minimum Gasteiger partial charge on any atom is -0.462 e. The number of likely N-dealkylation sites (tertiary alicyclic amines) is 1. The SMILES string of the molecule is CCOC(=O)c1c(CN2[C@@H]3CCCC[C@H]3C[C@H]2C(N)=O)oc2ccccc12. The van der Waals surface area contributed by atoms with Gasteiger partial charge >= 0.3 is 5.97 Å². The molecule has 2 aliphatic rings. The number of furan rings is 1. The maximum Gasteiger partial charge on any atom is 0.342 e. The summed E-state index contributed by atoms with van der Waals surface area (Å²) in [5.41, 5.74) is 6.84. The zero-order chi connectivity index (χ0) is 19.0. The molecular weight excluding hydrogens is 344 g/mol. The highest BCUT2D eigenvalue weighted by atomic mass is 16.5. The van der Waals surface area contributed by atoms with E-state index in [0.29, 0.717) is 42.0 Å². The van der Waals surface area contributed by atoms with E-state index in [2.05, 4.69) is 4.90 Å². The van der Waals surface area contributed by atoms with Crippen LogP contribution >= 0.6 is 0 Å². The van der Waals surface area contributed by atoms with Crippen LogP contribution in [-0.4, -0.2) is 35.5 Å². The number of esters is 1. The summed E-state index contributed by atoms with van der Waals surface area (Å²) in [6.07, 6.45) is 5.36. The molecule has 6 heteroatoms. The monoisotopic (exact) mass is 370 g/mol. The Morgan fingerprint density at radius 3 is 2.81 bits per heavy atom. The van der Waals surface area contributed by atoms with Crippen molar-refractivity contribution in [2.45, 2.75) is 57.7 Å². The van der Waals surface area contributed by atoms with Crippen LogP contribution in [0.4, 0.5) is 0 Å². The molecule has 0 bridgehead atoms. The predicted molar refractivity (Wildman–Crippen MR) is 101 cm³/mol. The molecule has 27 heavy (non-hydrogen) atoms. The van der Waals surface area contributed by atoms with E-state index in [0.717, 1.165) is 31.1 Å². The number of hydrogen-bond donors (Lipinski definition) is 1. The highest BCUT2D eigenvalue weighted by Gasteiger charge is 2.45. The number of ether oxygens (including phenoxy) is 1. The van der Waals surface area contributed by atoms with E-state index < -0.39 is 0 Å². The van der Waals surface area contributed by atoms with Gasteiger partial charge < -0.3 is 14.9 Å². The van der Waals surface area contributed by atoms with Crippen molar-refractivity contribution in [3.8, 4) is 0 Å². The average molecular weight is 370 g/mol. The highest BCUT2D eigenvalue weighted by molar-refractivity contribution is 6.04. The molecule has 3 atom stereocenters. The number of rotatable bonds is 5. The van der Waals surface area contributed by atoms with E-state index in [4.69, 9.17) is 14.9 Å². The first-order chi connectivity index (χ1) is 13.1. The van der Waals surface area contributed by atoms with Crippen molar-refractivity contribution in [2.75, 3.05) is 6.61 Å². The van der Waals surface area contributed by atoms with Gasteiger partial charge in [-0.15, -0.1) is 0 Å². The van der Waals surface area contributed by atoms with Gasteiger partial charge in [-0.25, -0.2) is 4.79 Å². The third kappa shape index (κ3) is 3.23. The lowest BCUT2D eigenvalue weighted by molar-refractivity contribution is -0.123. The molecule has 0 radical (unpaired) electrons. The third-order valence-electron chi connectivity index (χ3n) is 6.02. The van der Waals surface area contributed by atoms with E-state index in [1.165, 1.54) is 6.42 Å². The highest BCUT2D eigenvalue weighted by Crippen LogP contribution is 2.41. The third-order valence-corrected chi connectivity index (χ3v) is 6.02. The molecule has 2 aromatic rings. The van der Waals surface area contributed by atoms with Gasteiger partial charge in [0.15, 0.2) is 0 Å². The van der Waals surface area contributed by atoms with Crippen molar-refractivity contribution in [1.29, 1.82) is 0 Å². The summed E-state index contributed by atoms with van der Waals surface area (Å²) in [4.78, 5) is 26.9. The van der Waals surface area contributed by atoms with Crippen molar-refractivity contribution in [2.24, 2.45) is 11.7 Å². The number of primary amides is 1. The Morgan fingerprint density at radius 1 is 1.26 bits per heavy atom. The Kier molecular flexibility index (Phi) is 4.91. The number of fused-ring (bicyclic) bond motifs is 2. The van der Waals surface area contributed by atoms with Crippen molar-refractivity contribution in [3.05, 3.63) is 35.6 Å². The molecule has 6 nitrogen and oxygen atoms in total. The van der Waals surface area contributed by atoms with Crippen LogP contribution in [0.25, 0.3) is 11.0 Å². The van der Waals surface area contributed by atoms with Crippen LogP contribution in [0.1, 0.15) is 55.1 Å². The lowest BCUT2D eigenvalue weighted by Gasteiger charge is -2.32. The largest absolute Gasteiger partial charge is 0.462 e. The van der Waals surface area contributed by atoms with E-state index in [1.807, 2.05) is 24.3 Å². The molecule has 4 rings (SSSR count). The van der Waals surface area contributed by atoms with Crippen LogP contribution in [-0.2, 0) is 16.1 Å². The van der Waals surface area contributed by atoms with Crippen molar-refractivity contribution >= 4 is 22.8 Å². The molecule has 0 spiro atoms. The Morgan fingerprint density at radius 2 is 2.04 bits per heavy atom. The first kappa shape index (κ1) is 18.0. The topological polar surface area (TPSA) is 85.8 Å². The fourth-order valence-corrected chi connectivity index (χ4v) is 4.86. The molecule has 1 amide bonds. The van der Waals surface area contributed by atoms with E-state index in [9.17, 15) is 9.59 Å². The molecule has 0 unspecified atom stereocenters. The van der Waals surface area contributed by atoms with E-state index in [-0.39, 0.29) is 17.9 Å². The standard InChI is InChI=1S/C21H26N2O4/c1-2-26-21(25)19-14-8-4-6-10-17(14)27-18(19)12-23-15-9-5-3-7-13(15)11-16(23)20(22)24/h4,6,8,10,13,15-16H,2-3,5,7,9,11-12H2,1H3,(H2,22,24)/t13-,15+,16-/m0/s1. The molecule has 1 aromatic heterocycles. The summed E-state index contributed by atoms with van der Waals surface area (Å²) in [6, 6.07) is 7.49. The maximum absolute atomic E-state index is 12.6. The second-order valence-corrected chi connectivity index (χ2v) is 7.55. The van der Waals surface area contributed by atoms with Gasteiger partial charge in [0.1, 0.15) is 16.9 Å². The Bertz CT molecular complexity index is 859. The number of amides is 1. The summed E-state index contributed by atoms with van der Waals surface area (Å²) >= 11 is 0. The Labute approximate surface area is 158 Å². The molecule has 1 aliphatic carbocycles. The van der Waals surface area contributed by atoms with Gasteiger partial charge in [0.25, 0.3) is 0 Å². The molecule has 144 valence electrons. The average Bonchev–Trinajstić information content (AvgIpc) is 3.21. The lowest BCUT2D eigenvalue weighted by atomic mass is 9.84. The molecule has 1 saturated carbocycles. The Balaban J connectivity index is 1.72. The predicted octanol–water partition coefficient (Wildman–Crippen LogP) is 3.23. The number of para-hydroxylation sites is 1. The van der Waals surface area contributed by atoms with Crippen LogP contribution in [0.15, 0.2) is 28.7 Å². The zero-order valence-electron chi connectivity index (χ0n) is 15.6. The molecule has 2 heterocycles. The van der Waals surface area contributed by atoms with E-state index >= 15 is 0 Å². The lowest BCUT2D eigenvalue weighted by Crippen LogP contribution is -2.44. The molecule has 1 aromatic carbocycles. The summed E-state index contributed by atoms with van der Waals surface area (Å²) < 4.78 is 11.3. The number of hydrogen-bond acceptors (Lipinski definition) is 5. The number of nitrogens with two attached hydrogens (primary N) is 1. The van der Waals surface area contributed by atoms with Crippen LogP contribution < -0.4 is 5.73 Å². The molecule has 1 saturated heterocycles. The number of nitrogens with zero attached hydrogens (tertiary/aromatic N) is 1.